The Bertz CT molecular complexity index is 623. The number of carbonyl (C=O) groups excluding carboxylic acids is 1. The van der Waals surface area contributed by atoms with E-state index in [1.54, 1.807) is 0 Å². The molecule has 0 heterocycles. The molecular formula is C16H23FN2O3S. The number of amides is 1. The minimum absolute atomic E-state index is 0.111. The predicted molar refractivity (Wildman–Crippen MR) is 88.2 cm³/mol. The quantitative estimate of drug-likeness (QED) is 0.836. The maximum Gasteiger partial charge on any atom is 0.240 e. The van der Waals surface area contributed by atoms with Crippen molar-refractivity contribution in [3.8, 4) is 0 Å². The molecule has 5 nitrogen and oxygen atoms in total. The molecule has 1 saturated carbocycles. The lowest BCUT2D eigenvalue weighted by Gasteiger charge is -2.23. The number of anilines is 1. The average Bonchev–Trinajstić information content (AvgIpc) is 2.73. The second-order valence-corrected chi connectivity index (χ2v) is 7.91. The standard InChI is InChI=1S/C16H23FN2O3S/c1-23(21,22)19(15-10-8-13(17)9-11-15)12-16(20)18-14-6-4-2-3-5-7-14/h8-11,14H,2-7,12H2,1H3,(H,18,20). The Balaban J connectivity index is 2.05. The van der Waals surface area contributed by atoms with Crippen molar-refractivity contribution in [2.75, 3.05) is 17.1 Å². The van der Waals surface area contributed by atoms with Gasteiger partial charge in [0.15, 0.2) is 0 Å². The summed E-state index contributed by atoms with van der Waals surface area (Å²) in [4.78, 5) is 12.2. The van der Waals surface area contributed by atoms with Crippen molar-refractivity contribution >= 4 is 21.6 Å². The van der Waals surface area contributed by atoms with E-state index in [4.69, 9.17) is 0 Å². The normalized spacial score (nSPS) is 16.6. The van der Waals surface area contributed by atoms with Crippen LogP contribution >= 0.6 is 0 Å². The Labute approximate surface area is 136 Å². The Hall–Kier alpha value is -1.63. The summed E-state index contributed by atoms with van der Waals surface area (Å²) in [6.45, 7) is -0.291. The summed E-state index contributed by atoms with van der Waals surface area (Å²) in [7, 11) is -3.62. The van der Waals surface area contributed by atoms with Crippen LogP contribution in [0.5, 0.6) is 0 Å². The van der Waals surface area contributed by atoms with Crippen molar-refractivity contribution in [2.24, 2.45) is 0 Å². The fourth-order valence-electron chi connectivity index (χ4n) is 2.83. The van der Waals surface area contributed by atoms with Crippen LogP contribution in [0.2, 0.25) is 0 Å². The van der Waals surface area contributed by atoms with E-state index in [1.165, 1.54) is 37.1 Å². The summed E-state index contributed by atoms with van der Waals surface area (Å²) in [6.07, 6.45) is 7.42. The van der Waals surface area contributed by atoms with Crippen LogP contribution in [0, 0.1) is 5.82 Å². The van der Waals surface area contributed by atoms with Crippen LogP contribution < -0.4 is 9.62 Å². The lowest BCUT2D eigenvalue weighted by atomic mass is 10.1. The number of carbonyl (C=O) groups is 1. The fraction of sp³-hybridized carbons (Fsp3) is 0.562. The first kappa shape index (κ1) is 17.7. The van der Waals surface area contributed by atoms with Gasteiger partial charge in [0.05, 0.1) is 11.9 Å². The monoisotopic (exact) mass is 342 g/mol. The van der Waals surface area contributed by atoms with Gasteiger partial charge in [-0.2, -0.15) is 0 Å². The summed E-state index contributed by atoms with van der Waals surface area (Å²) in [6, 6.07) is 5.18. The van der Waals surface area contributed by atoms with Crippen molar-refractivity contribution in [3.63, 3.8) is 0 Å². The molecule has 0 radical (unpaired) electrons. The van der Waals surface area contributed by atoms with E-state index in [0.717, 1.165) is 36.2 Å². The molecular weight excluding hydrogens is 319 g/mol. The van der Waals surface area contributed by atoms with Gasteiger partial charge in [-0.25, -0.2) is 12.8 Å². The number of hydrogen-bond donors (Lipinski definition) is 1. The van der Waals surface area contributed by atoms with Gasteiger partial charge in [-0.1, -0.05) is 25.7 Å². The van der Waals surface area contributed by atoms with E-state index < -0.39 is 15.8 Å². The number of rotatable bonds is 5. The molecule has 23 heavy (non-hydrogen) atoms. The van der Waals surface area contributed by atoms with Gasteiger partial charge in [0, 0.05) is 6.04 Å². The van der Waals surface area contributed by atoms with E-state index in [1.807, 2.05) is 0 Å². The number of halogens is 1. The third-order valence-electron chi connectivity index (χ3n) is 4.02. The summed E-state index contributed by atoms with van der Waals surface area (Å²) in [5.74, 6) is -0.781. The van der Waals surface area contributed by atoms with Crippen molar-refractivity contribution < 1.29 is 17.6 Å². The highest BCUT2D eigenvalue weighted by molar-refractivity contribution is 7.92. The maximum atomic E-state index is 13.0. The van der Waals surface area contributed by atoms with Gasteiger partial charge >= 0.3 is 0 Å². The van der Waals surface area contributed by atoms with Crippen LogP contribution in [0.25, 0.3) is 0 Å². The fourth-order valence-corrected chi connectivity index (χ4v) is 3.69. The van der Waals surface area contributed by atoms with Crippen LogP contribution in [0.15, 0.2) is 24.3 Å². The van der Waals surface area contributed by atoms with E-state index in [-0.39, 0.29) is 24.2 Å². The highest BCUT2D eigenvalue weighted by Crippen LogP contribution is 2.19. The molecule has 1 aromatic carbocycles. The van der Waals surface area contributed by atoms with Crippen LogP contribution in [0.4, 0.5) is 10.1 Å². The molecule has 1 amide bonds. The van der Waals surface area contributed by atoms with Gasteiger partial charge in [-0.05, 0) is 37.1 Å². The van der Waals surface area contributed by atoms with Crippen LogP contribution in [0.1, 0.15) is 38.5 Å². The lowest BCUT2D eigenvalue weighted by molar-refractivity contribution is -0.120. The van der Waals surface area contributed by atoms with Gasteiger partial charge in [0.25, 0.3) is 0 Å². The molecule has 1 aromatic rings. The zero-order valence-corrected chi connectivity index (χ0v) is 14.1. The maximum absolute atomic E-state index is 13.0. The number of sulfonamides is 1. The second-order valence-electron chi connectivity index (χ2n) is 6.00. The molecule has 0 atom stereocenters. The molecule has 0 unspecified atom stereocenters. The molecule has 128 valence electrons. The van der Waals surface area contributed by atoms with Crippen LogP contribution in [0.3, 0.4) is 0 Å². The summed E-state index contributed by atoms with van der Waals surface area (Å²) in [5.41, 5.74) is 0.282. The molecule has 0 saturated heterocycles. The summed E-state index contributed by atoms with van der Waals surface area (Å²) < 4.78 is 37.9. The molecule has 1 aliphatic carbocycles. The zero-order chi connectivity index (χ0) is 16.9. The number of nitrogens with one attached hydrogen (secondary N) is 1. The molecule has 0 aromatic heterocycles. The lowest BCUT2D eigenvalue weighted by Crippen LogP contribution is -2.44. The molecule has 1 aliphatic rings. The number of nitrogens with zero attached hydrogens (tertiary/aromatic N) is 1. The minimum Gasteiger partial charge on any atom is -0.352 e. The Morgan fingerprint density at radius 1 is 1.17 bits per heavy atom. The van der Waals surface area contributed by atoms with E-state index in [0.29, 0.717) is 0 Å². The molecule has 0 spiro atoms. The summed E-state index contributed by atoms with van der Waals surface area (Å²) >= 11 is 0. The van der Waals surface area contributed by atoms with Crippen molar-refractivity contribution in [2.45, 2.75) is 44.6 Å². The minimum atomic E-state index is -3.62. The van der Waals surface area contributed by atoms with Gasteiger partial charge in [0.2, 0.25) is 15.9 Å². The van der Waals surface area contributed by atoms with Gasteiger partial charge < -0.3 is 5.32 Å². The Morgan fingerprint density at radius 2 is 1.74 bits per heavy atom. The first-order valence-corrected chi connectivity index (χ1v) is 9.74. The van der Waals surface area contributed by atoms with Crippen molar-refractivity contribution in [1.82, 2.24) is 5.32 Å². The first-order chi connectivity index (χ1) is 10.9. The smallest absolute Gasteiger partial charge is 0.240 e. The Morgan fingerprint density at radius 3 is 2.26 bits per heavy atom. The first-order valence-electron chi connectivity index (χ1n) is 7.89. The van der Waals surface area contributed by atoms with E-state index in [9.17, 15) is 17.6 Å². The summed E-state index contributed by atoms with van der Waals surface area (Å²) in [5, 5.41) is 2.92. The third-order valence-corrected chi connectivity index (χ3v) is 5.16. The highest BCUT2D eigenvalue weighted by atomic mass is 32.2. The third kappa shape index (κ3) is 5.49. The average molecular weight is 342 g/mol. The number of hydrogen-bond acceptors (Lipinski definition) is 3. The SMILES string of the molecule is CS(=O)(=O)N(CC(=O)NC1CCCCCC1)c1ccc(F)cc1. The van der Waals surface area contributed by atoms with Gasteiger partial charge in [-0.15, -0.1) is 0 Å². The molecule has 2 rings (SSSR count). The predicted octanol–water partition coefficient (Wildman–Crippen LogP) is 2.43. The zero-order valence-electron chi connectivity index (χ0n) is 13.3. The van der Waals surface area contributed by atoms with Crippen LogP contribution in [-0.4, -0.2) is 33.2 Å². The van der Waals surface area contributed by atoms with E-state index in [2.05, 4.69) is 5.32 Å². The number of benzene rings is 1. The molecule has 7 heteroatoms. The van der Waals surface area contributed by atoms with Crippen molar-refractivity contribution in [1.29, 1.82) is 0 Å². The van der Waals surface area contributed by atoms with Gasteiger partial charge in [0.1, 0.15) is 12.4 Å². The molecule has 0 bridgehead atoms. The second kappa shape index (κ2) is 7.77. The largest absolute Gasteiger partial charge is 0.352 e. The Kier molecular flexibility index (Phi) is 5.98. The van der Waals surface area contributed by atoms with E-state index >= 15 is 0 Å². The molecule has 1 N–H and O–H groups in total. The highest BCUT2D eigenvalue weighted by Gasteiger charge is 2.22. The molecule has 0 aliphatic heterocycles. The molecule has 1 fully saturated rings. The van der Waals surface area contributed by atoms with Crippen molar-refractivity contribution in [3.05, 3.63) is 30.1 Å². The van der Waals surface area contributed by atoms with Gasteiger partial charge in [-0.3, -0.25) is 9.10 Å². The van der Waals surface area contributed by atoms with Crippen LogP contribution in [-0.2, 0) is 14.8 Å². The topological polar surface area (TPSA) is 66.5 Å².